The van der Waals surface area contributed by atoms with Gasteiger partial charge in [-0.1, -0.05) is 5.21 Å². The minimum absolute atomic E-state index is 0.0521. The van der Waals surface area contributed by atoms with Crippen LogP contribution < -0.4 is 10.6 Å². The highest BCUT2D eigenvalue weighted by Crippen LogP contribution is 2.30. The number of H-pyrrole nitrogens is 1. The number of urea groups is 1. The number of nitrogens with zero attached hydrogens (tertiary/aromatic N) is 3. The summed E-state index contributed by atoms with van der Waals surface area (Å²) in [5.74, 6) is -0.568. The topological polar surface area (TPSA) is 142 Å². The summed E-state index contributed by atoms with van der Waals surface area (Å²) < 4.78 is 5.18. The zero-order valence-electron chi connectivity index (χ0n) is 11.6. The average molecular weight is 298 g/mol. The van der Waals surface area contributed by atoms with E-state index in [9.17, 15) is 14.7 Å². The van der Waals surface area contributed by atoms with Gasteiger partial charge in [0, 0.05) is 19.8 Å². The Balaban J connectivity index is 1.86. The molecule has 0 aromatic carbocycles. The second-order valence-corrected chi connectivity index (χ2v) is 5.02. The molecule has 10 nitrogen and oxygen atoms in total. The first kappa shape index (κ1) is 15.2. The number of tetrazole rings is 1. The van der Waals surface area contributed by atoms with Gasteiger partial charge in [0.2, 0.25) is 0 Å². The maximum atomic E-state index is 11.8. The van der Waals surface area contributed by atoms with E-state index in [4.69, 9.17) is 4.74 Å². The van der Waals surface area contributed by atoms with E-state index in [1.165, 1.54) is 0 Å². The lowest BCUT2D eigenvalue weighted by atomic mass is 9.80. The van der Waals surface area contributed by atoms with E-state index >= 15 is 0 Å². The quantitative estimate of drug-likeness (QED) is 0.570. The number of carbonyl (C=O) groups is 2. The number of hydrogen-bond donors (Lipinski definition) is 4. The van der Waals surface area contributed by atoms with Gasteiger partial charge in [-0.15, -0.1) is 10.2 Å². The van der Waals surface area contributed by atoms with Crippen LogP contribution in [0.2, 0.25) is 0 Å². The molecule has 0 aliphatic carbocycles. The molecule has 1 aromatic rings. The van der Waals surface area contributed by atoms with Crippen molar-refractivity contribution in [1.29, 1.82) is 0 Å². The summed E-state index contributed by atoms with van der Waals surface area (Å²) >= 11 is 0. The molecule has 1 aliphatic heterocycles. The highest BCUT2D eigenvalue weighted by atomic mass is 16.5. The van der Waals surface area contributed by atoms with Crippen molar-refractivity contribution in [2.75, 3.05) is 19.8 Å². The molecule has 21 heavy (non-hydrogen) atoms. The predicted molar refractivity (Wildman–Crippen MR) is 69.2 cm³/mol. The highest BCUT2D eigenvalue weighted by Gasteiger charge is 2.40. The van der Waals surface area contributed by atoms with Crippen LogP contribution in [0.15, 0.2) is 0 Å². The molecule has 1 atom stereocenters. The summed E-state index contributed by atoms with van der Waals surface area (Å²) in [5, 5.41) is 27.8. The average Bonchev–Trinajstić information content (AvgIpc) is 3.00. The van der Waals surface area contributed by atoms with Crippen LogP contribution in [0.25, 0.3) is 0 Å². The van der Waals surface area contributed by atoms with E-state index in [1.54, 1.807) is 6.92 Å². The number of rotatable bonds is 5. The summed E-state index contributed by atoms with van der Waals surface area (Å²) in [7, 11) is 0. The Bertz CT molecular complexity index is 485. The van der Waals surface area contributed by atoms with Crippen LogP contribution in [-0.2, 0) is 9.53 Å². The van der Waals surface area contributed by atoms with E-state index in [-0.39, 0.29) is 6.54 Å². The molecule has 1 fully saturated rings. The molecular formula is C11H18N6O4. The van der Waals surface area contributed by atoms with Crippen molar-refractivity contribution in [2.24, 2.45) is 5.41 Å². The molecule has 0 bridgehead atoms. The summed E-state index contributed by atoms with van der Waals surface area (Å²) in [4.78, 5) is 23.3. The third kappa shape index (κ3) is 3.66. The summed E-state index contributed by atoms with van der Waals surface area (Å²) in [6.07, 6.45) is 0.756. The van der Waals surface area contributed by atoms with Gasteiger partial charge in [-0.3, -0.25) is 4.79 Å². The van der Waals surface area contributed by atoms with Gasteiger partial charge in [-0.2, -0.15) is 5.21 Å². The van der Waals surface area contributed by atoms with Crippen LogP contribution in [0.4, 0.5) is 4.79 Å². The summed E-state index contributed by atoms with van der Waals surface area (Å²) in [5.41, 5.74) is -0.967. The Morgan fingerprint density at radius 2 is 2.19 bits per heavy atom. The van der Waals surface area contributed by atoms with Crippen molar-refractivity contribution < 1.29 is 19.4 Å². The summed E-state index contributed by atoms with van der Waals surface area (Å²) in [6, 6.07) is -0.904. The van der Waals surface area contributed by atoms with Gasteiger partial charge in [0.05, 0.1) is 11.5 Å². The lowest BCUT2D eigenvalue weighted by Gasteiger charge is -2.33. The van der Waals surface area contributed by atoms with Gasteiger partial charge in [0.1, 0.15) is 0 Å². The Morgan fingerprint density at radius 1 is 1.48 bits per heavy atom. The molecule has 0 radical (unpaired) electrons. The van der Waals surface area contributed by atoms with E-state index < -0.39 is 23.5 Å². The first-order valence-electron chi connectivity index (χ1n) is 6.62. The number of carbonyl (C=O) groups excluding carboxylic acids is 1. The minimum Gasteiger partial charge on any atom is -0.481 e. The third-order valence-corrected chi connectivity index (χ3v) is 3.59. The number of aromatic amines is 1. The number of aromatic nitrogens is 4. The molecule has 0 spiro atoms. The zero-order valence-corrected chi connectivity index (χ0v) is 11.6. The van der Waals surface area contributed by atoms with Crippen LogP contribution in [0.1, 0.15) is 31.6 Å². The van der Waals surface area contributed by atoms with Gasteiger partial charge < -0.3 is 20.5 Å². The van der Waals surface area contributed by atoms with E-state index in [0.29, 0.717) is 31.9 Å². The molecule has 2 heterocycles. The van der Waals surface area contributed by atoms with E-state index in [0.717, 1.165) is 0 Å². The maximum Gasteiger partial charge on any atom is 0.315 e. The lowest BCUT2D eigenvalue weighted by molar-refractivity contribution is -0.154. The largest absolute Gasteiger partial charge is 0.481 e. The molecule has 2 rings (SSSR count). The van der Waals surface area contributed by atoms with Gasteiger partial charge in [-0.05, 0) is 19.8 Å². The maximum absolute atomic E-state index is 11.8. The SMILES string of the molecule is CC(NC(=O)NCC1(C(=O)O)CCOCC1)c1nn[nH]n1. The van der Waals surface area contributed by atoms with Crippen molar-refractivity contribution >= 4 is 12.0 Å². The Hall–Kier alpha value is -2.23. The second-order valence-electron chi connectivity index (χ2n) is 5.02. The van der Waals surface area contributed by atoms with E-state index in [1.807, 2.05) is 0 Å². The summed E-state index contributed by atoms with van der Waals surface area (Å²) in [6.45, 7) is 2.52. The fraction of sp³-hybridized carbons (Fsp3) is 0.727. The van der Waals surface area contributed by atoms with Crippen LogP contribution in [-0.4, -0.2) is 57.5 Å². The number of carboxylic acid groups (broad SMARTS) is 1. The third-order valence-electron chi connectivity index (χ3n) is 3.59. The van der Waals surface area contributed by atoms with Crippen LogP contribution in [0.5, 0.6) is 0 Å². The van der Waals surface area contributed by atoms with Crippen molar-refractivity contribution in [2.45, 2.75) is 25.8 Å². The molecule has 1 unspecified atom stereocenters. The first-order valence-corrected chi connectivity index (χ1v) is 6.62. The molecule has 4 N–H and O–H groups in total. The number of ether oxygens (including phenoxy) is 1. The van der Waals surface area contributed by atoms with Crippen molar-refractivity contribution in [3.05, 3.63) is 5.82 Å². The Labute approximate surface area is 120 Å². The molecule has 116 valence electrons. The van der Waals surface area contributed by atoms with Gasteiger partial charge >= 0.3 is 12.0 Å². The Morgan fingerprint density at radius 3 is 2.76 bits per heavy atom. The molecule has 0 saturated carbocycles. The number of amides is 2. The fourth-order valence-corrected chi connectivity index (χ4v) is 2.14. The standard InChI is InChI=1S/C11H18N6O4/c1-7(8-14-16-17-15-8)13-10(20)12-6-11(9(18)19)2-4-21-5-3-11/h7H,2-6H2,1H3,(H,18,19)(H2,12,13,20)(H,14,15,16,17). The molecule has 1 aliphatic rings. The normalized spacial score (nSPS) is 18.7. The van der Waals surface area contributed by atoms with Crippen LogP contribution in [0.3, 0.4) is 0 Å². The smallest absolute Gasteiger partial charge is 0.315 e. The minimum atomic E-state index is -0.967. The van der Waals surface area contributed by atoms with E-state index in [2.05, 4.69) is 31.3 Å². The first-order chi connectivity index (χ1) is 10.0. The van der Waals surface area contributed by atoms with Gasteiger partial charge in [0.15, 0.2) is 5.82 Å². The van der Waals surface area contributed by atoms with Gasteiger partial charge in [0.25, 0.3) is 0 Å². The number of nitrogens with one attached hydrogen (secondary N) is 3. The number of carboxylic acids is 1. The predicted octanol–water partition coefficient (Wildman–Crippen LogP) is -0.559. The van der Waals surface area contributed by atoms with Crippen LogP contribution >= 0.6 is 0 Å². The molecule has 1 aromatic heterocycles. The second kappa shape index (κ2) is 6.48. The van der Waals surface area contributed by atoms with Crippen molar-refractivity contribution in [3.63, 3.8) is 0 Å². The number of hydrogen-bond acceptors (Lipinski definition) is 6. The molecule has 2 amide bonds. The zero-order chi connectivity index (χ0) is 15.3. The lowest BCUT2D eigenvalue weighted by Crippen LogP contribution is -2.49. The molecular weight excluding hydrogens is 280 g/mol. The van der Waals surface area contributed by atoms with Crippen molar-refractivity contribution in [1.82, 2.24) is 31.3 Å². The van der Waals surface area contributed by atoms with Crippen molar-refractivity contribution in [3.8, 4) is 0 Å². The number of aliphatic carboxylic acids is 1. The highest BCUT2D eigenvalue weighted by molar-refractivity contribution is 5.78. The fourth-order valence-electron chi connectivity index (χ4n) is 2.14. The Kier molecular flexibility index (Phi) is 4.68. The van der Waals surface area contributed by atoms with Crippen LogP contribution in [0, 0.1) is 5.41 Å². The monoisotopic (exact) mass is 298 g/mol. The van der Waals surface area contributed by atoms with Gasteiger partial charge in [-0.25, -0.2) is 4.79 Å². The molecule has 1 saturated heterocycles. The molecule has 10 heteroatoms.